The molecular weight excluding hydrogens is 280 g/mol. The number of anilines is 1. The first-order valence-electron chi connectivity index (χ1n) is 6.56. The predicted molar refractivity (Wildman–Crippen MR) is 76.5 cm³/mol. The molecule has 0 saturated heterocycles. The molecule has 0 aliphatic rings. The fourth-order valence-electron chi connectivity index (χ4n) is 1.43. The molecule has 0 aliphatic carbocycles. The quantitative estimate of drug-likeness (QED) is 0.845. The molecule has 1 N–H and O–H groups in total. The molecule has 108 valence electrons. The highest BCUT2D eigenvalue weighted by Gasteiger charge is 2.10. The molecule has 0 amide bonds. The van der Waals surface area contributed by atoms with Gasteiger partial charge in [0.05, 0.1) is 24.0 Å². The zero-order chi connectivity index (χ0) is 14.4. The first kappa shape index (κ1) is 14.5. The standard InChI is InChI=1S/C12H17ClN6O/c1-3-5-14-10-16-11(19-8-9(13)7-15-19)18-12(17-10)20-6-4-2/h7-8H,3-6H2,1-2H3,(H,14,16,17,18). The molecule has 0 aliphatic heterocycles. The summed E-state index contributed by atoms with van der Waals surface area (Å²) in [6.07, 6.45) is 5.01. The molecule has 0 atom stereocenters. The molecule has 20 heavy (non-hydrogen) atoms. The van der Waals surface area contributed by atoms with Gasteiger partial charge in [0.1, 0.15) is 0 Å². The first-order chi connectivity index (χ1) is 9.72. The Balaban J connectivity index is 2.29. The van der Waals surface area contributed by atoms with E-state index in [2.05, 4.69) is 32.3 Å². The summed E-state index contributed by atoms with van der Waals surface area (Å²) in [5, 5.41) is 7.71. The lowest BCUT2D eigenvalue weighted by Gasteiger charge is -2.08. The predicted octanol–water partition coefficient (Wildman–Crippen LogP) is 2.32. The topological polar surface area (TPSA) is 77.8 Å². The lowest BCUT2D eigenvalue weighted by Crippen LogP contribution is -2.12. The SMILES string of the molecule is CCCNc1nc(OCCC)nc(-n2cc(Cl)cn2)n1. The van der Waals surface area contributed by atoms with Crippen LogP contribution in [0.1, 0.15) is 26.7 Å². The molecule has 8 heteroatoms. The number of ether oxygens (including phenoxy) is 1. The molecule has 0 spiro atoms. The Labute approximate surface area is 122 Å². The summed E-state index contributed by atoms with van der Waals surface area (Å²) in [7, 11) is 0. The molecular formula is C12H17ClN6O. The summed E-state index contributed by atoms with van der Waals surface area (Å²) >= 11 is 5.86. The van der Waals surface area contributed by atoms with Crippen LogP contribution in [0, 0.1) is 0 Å². The van der Waals surface area contributed by atoms with Crippen LogP contribution in [0.3, 0.4) is 0 Å². The van der Waals surface area contributed by atoms with Gasteiger partial charge < -0.3 is 10.1 Å². The third kappa shape index (κ3) is 3.80. The largest absolute Gasteiger partial charge is 0.463 e. The summed E-state index contributed by atoms with van der Waals surface area (Å²) in [5.41, 5.74) is 0. The lowest BCUT2D eigenvalue weighted by atomic mass is 10.5. The Hall–Kier alpha value is -1.89. The minimum atomic E-state index is 0.280. The normalized spacial score (nSPS) is 10.6. The Kier molecular flexibility index (Phi) is 5.11. The van der Waals surface area contributed by atoms with Gasteiger partial charge in [0, 0.05) is 6.54 Å². The summed E-state index contributed by atoms with van der Waals surface area (Å²) < 4.78 is 6.95. The molecule has 0 unspecified atom stereocenters. The Morgan fingerprint density at radius 2 is 2.10 bits per heavy atom. The maximum absolute atomic E-state index is 5.86. The number of halogens is 1. The zero-order valence-corrected chi connectivity index (χ0v) is 12.3. The van der Waals surface area contributed by atoms with Crippen molar-refractivity contribution in [3.05, 3.63) is 17.4 Å². The van der Waals surface area contributed by atoms with Gasteiger partial charge in [-0.25, -0.2) is 4.68 Å². The third-order valence-corrected chi connectivity index (χ3v) is 2.52. The fraction of sp³-hybridized carbons (Fsp3) is 0.500. The highest BCUT2D eigenvalue weighted by Crippen LogP contribution is 2.13. The average molecular weight is 297 g/mol. The maximum atomic E-state index is 5.86. The van der Waals surface area contributed by atoms with E-state index < -0.39 is 0 Å². The van der Waals surface area contributed by atoms with Gasteiger partial charge in [0.25, 0.3) is 5.95 Å². The van der Waals surface area contributed by atoms with Gasteiger partial charge in [0.2, 0.25) is 5.95 Å². The first-order valence-corrected chi connectivity index (χ1v) is 6.94. The molecule has 2 aromatic rings. The summed E-state index contributed by atoms with van der Waals surface area (Å²) in [6.45, 7) is 5.41. The van der Waals surface area contributed by atoms with Crippen LogP contribution in [-0.4, -0.2) is 37.9 Å². The van der Waals surface area contributed by atoms with Crippen molar-refractivity contribution in [1.82, 2.24) is 24.7 Å². The van der Waals surface area contributed by atoms with E-state index in [1.807, 2.05) is 6.92 Å². The Morgan fingerprint density at radius 3 is 2.75 bits per heavy atom. The molecule has 0 aromatic carbocycles. The van der Waals surface area contributed by atoms with Gasteiger partial charge in [-0.3, -0.25) is 0 Å². The van der Waals surface area contributed by atoms with Crippen molar-refractivity contribution >= 4 is 17.5 Å². The van der Waals surface area contributed by atoms with E-state index in [-0.39, 0.29) is 6.01 Å². The van der Waals surface area contributed by atoms with Gasteiger partial charge in [-0.15, -0.1) is 0 Å². The maximum Gasteiger partial charge on any atom is 0.323 e. The molecule has 0 fully saturated rings. The molecule has 2 aromatic heterocycles. The second kappa shape index (κ2) is 7.04. The van der Waals surface area contributed by atoms with E-state index in [1.54, 1.807) is 6.20 Å². The van der Waals surface area contributed by atoms with Crippen molar-refractivity contribution in [3.63, 3.8) is 0 Å². The van der Waals surface area contributed by atoms with Gasteiger partial charge in [-0.05, 0) is 12.8 Å². The van der Waals surface area contributed by atoms with Crippen LogP contribution in [0.4, 0.5) is 5.95 Å². The average Bonchev–Trinajstić information content (AvgIpc) is 2.89. The monoisotopic (exact) mass is 296 g/mol. The Bertz CT molecular complexity index is 532. The van der Waals surface area contributed by atoms with Crippen molar-refractivity contribution < 1.29 is 4.74 Å². The van der Waals surface area contributed by atoms with Crippen molar-refractivity contribution in [2.24, 2.45) is 0 Å². The Morgan fingerprint density at radius 1 is 1.25 bits per heavy atom. The van der Waals surface area contributed by atoms with Gasteiger partial charge in [0.15, 0.2) is 0 Å². The number of nitrogens with one attached hydrogen (secondary N) is 1. The van der Waals surface area contributed by atoms with Crippen LogP contribution in [0.15, 0.2) is 12.4 Å². The minimum absolute atomic E-state index is 0.280. The van der Waals surface area contributed by atoms with E-state index >= 15 is 0 Å². The molecule has 0 radical (unpaired) electrons. The number of nitrogens with zero attached hydrogens (tertiary/aromatic N) is 5. The van der Waals surface area contributed by atoms with E-state index in [0.717, 1.165) is 19.4 Å². The van der Waals surface area contributed by atoms with Gasteiger partial charge in [-0.1, -0.05) is 25.4 Å². The number of hydrogen-bond donors (Lipinski definition) is 1. The number of aromatic nitrogens is 5. The van der Waals surface area contributed by atoms with E-state index in [0.29, 0.717) is 23.5 Å². The van der Waals surface area contributed by atoms with E-state index in [9.17, 15) is 0 Å². The van der Waals surface area contributed by atoms with Crippen LogP contribution in [0.2, 0.25) is 5.02 Å². The molecule has 7 nitrogen and oxygen atoms in total. The smallest absolute Gasteiger partial charge is 0.323 e. The van der Waals surface area contributed by atoms with Crippen LogP contribution in [0.25, 0.3) is 5.95 Å². The minimum Gasteiger partial charge on any atom is -0.463 e. The zero-order valence-electron chi connectivity index (χ0n) is 11.5. The van der Waals surface area contributed by atoms with Crippen molar-refractivity contribution in [2.45, 2.75) is 26.7 Å². The van der Waals surface area contributed by atoms with E-state index in [1.165, 1.54) is 10.9 Å². The fourth-order valence-corrected chi connectivity index (χ4v) is 1.57. The van der Waals surface area contributed by atoms with Crippen LogP contribution in [0.5, 0.6) is 6.01 Å². The van der Waals surface area contributed by atoms with Crippen molar-refractivity contribution in [2.75, 3.05) is 18.5 Å². The van der Waals surface area contributed by atoms with E-state index in [4.69, 9.17) is 16.3 Å². The van der Waals surface area contributed by atoms with Crippen LogP contribution in [-0.2, 0) is 0 Å². The van der Waals surface area contributed by atoms with Gasteiger partial charge >= 0.3 is 6.01 Å². The van der Waals surface area contributed by atoms with Gasteiger partial charge in [-0.2, -0.15) is 20.1 Å². The summed E-state index contributed by atoms with van der Waals surface area (Å²) in [4.78, 5) is 12.7. The second-order valence-corrected chi connectivity index (χ2v) is 4.56. The molecule has 0 bridgehead atoms. The summed E-state index contributed by atoms with van der Waals surface area (Å²) in [5.74, 6) is 0.839. The van der Waals surface area contributed by atoms with Crippen LogP contribution < -0.4 is 10.1 Å². The summed E-state index contributed by atoms with van der Waals surface area (Å²) in [6, 6.07) is 0.280. The third-order valence-electron chi connectivity index (χ3n) is 2.33. The number of rotatable bonds is 7. The van der Waals surface area contributed by atoms with Crippen molar-refractivity contribution in [1.29, 1.82) is 0 Å². The second-order valence-electron chi connectivity index (χ2n) is 4.12. The molecule has 0 saturated carbocycles. The van der Waals surface area contributed by atoms with Crippen LogP contribution >= 0.6 is 11.6 Å². The lowest BCUT2D eigenvalue weighted by molar-refractivity contribution is 0.291. The van der Waals surface area contributed by atoms with Crippen molar-refractivity contribution in [3.8, 4) is 12.0 Å². The number of hydrogen-bond acceptors (Lipinski definition) is 6. The highest BCUT2D eigenvalue weighted by molar-refractivity contribution is 6.30. The molecule has 2 rings (SSSR count). The highest BCUT2D eigenvalue weighted by atomic mass is 35.5. The molecule has 2 heterocycles.